The van der Waals surface area contributed by atoms with Crippen LogP contribution in [-0.4, -0.2) is 30.0 Å². The van der Waals surface area contributed by atoms with Gasteiger partial charge in [-0.15, -0.1) is 0 Å². The predicted molar refractivity (Wildman–Crippen MR) is 117 cm³/mol. The molecule has 5 heteroatoms. The molecular formula is C25H28N2O3. The molecule has 1 aliphatic heterocycles. The van der Waals surface area contributed by atoms with E-state index < -0.39 is 11.5 Å². The molecule has 4 rings (SSSR count). The number of hydrogen-bond acceptors (Lipinski definition) is 3. The number of amides is 2. The van der Waals surface area contributed by atoms with Crippen LogP contribution >= 0.6 is 0 Å². The van der Waals surface area contributed by atoms with Crippen molar-refractivity contribution in [1.29, 1.82) is 0 Å². The van der Waals surface area contributed by atoms with Crippen molar-refractivity contribution < 1.29 is 14.7 Å². The second-order valence-electron chi connectivity index (χ2n) is 8.20. The summed E-state index contributed by atoms with van der Waals surface area (Å²) in [4.78, 5) is 27.3. The summed E-state index contributed by atoms with van der Waals surface area (Å²) in [6.07, 6.45) is 7.82. The Balaban J connectivity index is 1.51. The van der Waals surface area contributed by atoms with E-state index in [1.807, 2.05) is 31.2 Å². The van der Waals surface area contributed by atoms with Crippen LogP contribution in [0.5, 0.6) is 0 Å². The zero-order valence-corrected chi connectivity index (χ0v) is 17.4. The number of anilines is 1. The highest BCUT2D eigenvalue weighted by Gasteiger charge is 2.51. The first kappa shape index (κ1) is 20.4. The minimum absolute atomic E-state index is 0.108. The lowest BCUT2D eigenvalue weighted by molar-refractivity contribution is -0.133. The number of rotatable bonds is 6. The lowest BCUT2D eigenvalue weighted by Crippen LogP contribution is -2.45. The molecule has 0 aromatic heterocycles. The third-order valence-electron chi connectivity index (χ3n) is 6.03. The molecule has 1 atom stereocenters. The molecule has 1 aliphatic carbocycles. The quantitative estimate of drug-likeness (QED) is 0.723. The van der Waals surface area contributed by atoms with Gasteiger partial charge in [0.05, 0.1) is 5.69 Å². The second kappa shape index (κ2) is 8.44. The van der Waals surface area contributed by atoms with Gasteiger partial charge < -0.3 is 10.4 Å². The number of aliphatic hydroxyl groups is 1. The van der Waals surface area contributed by atoms with E-state index in [2.05, 4.69) is 11.4 Å². The van der Waals surface area contributed by atoms with Crippen LogP contribution in [0.2, 0.25) is 0 Å². The van der Waals surface area contributed by atoms with Gasteiger partial charge in [0.15, 0.2) is 5.60 Å². The van der Waals surface area contributed by atoms with Crippen LogP contribution in [0.1, 0.15) is 48.8 Å². The number of carbonyl (C=O) groups excluding carboxylic acids is 2. The lowest BCUT2D eigenvalue weighted by atomic mass is 9.87. The SMILES string of the molecule is Cc1cccc([C@]2(O)C(=O)N(CC(=O)NCCC3=CCCCC3)c3ccccc32)c1. The first-order valence-corrected chi connectivity index (χ1v) is 10.7. The highest BCUT2D eigenvalue weighted by atomic mass is 16.3. The van der Waals surface area contributed by atoms with Gasteiger partial charge in [0.25, 0.3) is 5.91 Å². The maximum atomic E-state index is 13.3. The average molecular weight is 405 g/mol. The van der Waals surface area contributed by atoms with Gasteiger partial charge in [-0.3, -0.25) is 14.5 Å². The van der Waals surface area contributed by atoms with E-state index in [1.165, 1.54) is 23.3 Å². The lowest BCUT2D eigenvalue weighted by Gasteiger charge is -2.24. The number of nitrogens with one attached hydrogen (secondary N) is 1. The summed E-state index contributed by atoms with van der Waals surface area (Å²) >= 11 is 0. The van der Waals surface area contributed by atoms with Crippen molar-refractivity contribution in [2.24, 2.45) is 0 Å². The minimum Gasteiger partial charge on any atom is -0.372 e. The summed E-state index contributed by atoms with van der Waals surface area (Å²) in [7, 11) is 0. The fraction of sp³-hybridized carbons (Fsp3) is 0.360. The number of fused-ring (bicyclic) bond motifs is 1. The predicted octanol–water partition coefficient (Wildman–Crippen LogP) is 3.58. The van der Waals surface area contributed by atoms with Crippen molar-refractivity contribution in [2.75, 3.05) is 18.0 Å². The van der Waals surface area contributed by atoms with E-state index in [0.29, 0.717) is 23.4 Å². The summed E-state index contributed by atoms with van der Waals surface area (Å²) in [6, 6.07) is 14.5. The zero-order valence-electron chi connectivity index (χ0n) is 17.4. The Morgan fingerprint density at radius 3 is 2.77 bits per heavy atom. The fourth-order valence-corrected chi connectivity index (χ4v) is 4.43. The summed E-state index contributed by atoms with van der Waals surface area (Å²) in [5, 5.41) is 14.4. The second-order valence-corrected chi connectivity index (χ2v) is 8.20. The Labute approximate surface area is 177 Å². The van der Waals surface area contributed by atoms with E-state index >= 15 is 0 Å². The molecule has 0 radical (unpaired) electrons. The number of allylic oxidation sites excluding steroid dienone is 1. The fourth-order valence-electron chi connectivity index (χ4n) is 4.43. The van der Waals surface area contributed by atoms with E-state index in [9.17, 15) is 14.7 Å². The third kappa shape index (κ3) is 3.77. The topological polar surface area (TPSA) is 69.6 Å². The van der Waals surface area contributed by atoms with Crippen molar-refractivity contribution in [3.05, 3.63) is 76.9 Å². The highest BCUT2D eigenvalue weighted by Crippen LogP contribution is 2.44. The van der Waals surface area contributed by atoms with Gasteiger partial charge in [-0.25, -0.2) is 0 Å². The third-order valence-corrected chi connectivity index (χ3v) is 6.03. The van der Waals surface area contributed by atoms with E-state index in [1.54, 1.807) is 24.3 Å². The van der Waals surface area contributed by atoms with Gasteiger partial charge in [-0.2, -0.15) is 0 Å². The van der Waals surface area contributed by atoms with Gasteiger partial charge >= 0.3 is 0 Å². The number of nitrogens with zero attached hydrogens (tertiary/aromatic N) is 1. The van der Waals surface area contributed by atoms with Crippen molar-refractivity contribution in [1.82, 2.24) is 5.32 Å². The molecule has 0 saturated heterocycles. The molecular weight excluding hydrogens is 376 g/mol. The van der Waals surface area contributed by atoms with Crippen LogP contribution in [0, 0.1) is 6.92 Å². The Bertz CT molecular complexity index is 997. The highest BCUT2D eigenvalue weighted by molar-refractivity contribution is 6.11. The first-order chi connectivity index (χ1) is 14.5. The van der Waals surface area contributed by atoms with E-state index in [4.69, 9.17) is 0 Å². The molecule has 1 heterocycles. The minimum atomic E-state index is -1.78. The van der Waals surface area contributed by atoms with Crippen LogP contribution in [0.4, 0.5) is 5.69 Å². The zero-order chi connectivity index (χ0) is 21.1. The molecule has 2 N–H and O–H groups in total. The van der Waals surface area contributed by atoms with Gasteiger partial charge in [-0.05, 0) is 50.7 Å². The molecule has 0 spiro atoms. The van der Waals surface area contributed by atoms with Crippen LogP contribution in [0.3, 0.4) is 0 Å². The van der Waals surface area contributed by atoms with Crippen LogP contribution in [0.15, 0.2) is 60.2 Å². The molecule has 2 amide bonds. The summed E-state index contributed by atoms with van der Waals surface area (Å²) in [5.74, 6) is -0.706. The molecule has 0 fully saturated rings. The number of carbonyl (C=O) groups is 2. The molecule has 30 heavy (non-hydrogen) atoms. The van der Waals surface area contributed by atoms with Crippen LogP contribution in [0.25, 0.3) is 0 Å². The van der Waals surface area contributed by atoms with Gasteiger partial charge in [0.1, 0.15) is 6.54 Å². The molecule has 0 bridgehead atoms. The standard InChI is InChI=1S/C25H28N2O3/c1-18-8-7-11-20(16-18)25(30)21-12-5-6-13-22(21)27(24(25)29)17-23(28)26-15-14-19-9-3-2-4-10-19/h5-9,11-13,16,30H,2-4,10,14-15,17H2,1H3,(H,26,28)/t25-/m1/s1. The van der Waals surface area contributed by atoms with E-state index in [-0.39, 0.29) is 12.5 Å². The number of para-hydroxylation sites is 1. The Hall–Kier alpha value is -2.92. The molecule has 0 unspecified atom stereocenters. The van der Waals surface area contributed by atoms with Crippen molar-refractivity contribution in [3.8, 4) is 0 Å². The van der Waals surface area contributed by atoms with Gasteiger partial charge in [0, 0.05) is 12.1 Å². The van der Waals surface area contributed by atoms with Crippen molar-refractivity contribution >= 4 is 17.5 Å². The maximum Gasteiger partial charge on any atom is 0.268 e. The molecule has 2 aliphatic rings. The molecule has 2 aromatic rings. The first-order valence-electron chi connectivity index (χ1n) is 10.7. The molecule has 2 aromatic carbocycles. The van der Waals surface area contributed by atoms with Crippen molar-refractivity contribution in [3.63, 3.8) is 0 Å². The Morgan fingerprint density at radius 2 is 2.00 bits per heavy atom. The maximum absolute atomic E-state index is 13.3. The monoisotopic (exact) mass is 404 g/mol. The molecule has 0 saturated carbocycles. The molecule has 156 valence electrons. The Morgan fingerprint density at radius 1 is 1.17 bits per heavy atom. The normalized spacial score (nSPS) is 20.7. The van der Waals surface area contributed by atoms with Crippen LogP contribution < -0.4 is 10.2 Å². The Kier molecular flexibility index (Phi) is 5.73. The van der Waals surface area contributed by atoms with E-state index in [0.717, 1.165) is 24.8 Å². The summed E-state index contributed by atoms with van der Waals surface area (Å²) in [5.41, 5.74) is 2.19. The number of benzene rings is 2. The van der Waals surface area contributed by atoms with Gasteiger partial charge in [0.2, 0.25) is 5.91 Å². The summed E-state index contributed by atoms with van der Waals surface area (Å²) in [6.45, 7) is 2.38. The molecule has 5 nitrogen and oxygen atoms in total. The summed E-state index contributed by atoms with van der Waals surface area (Å²) < 4.78 is 0. The average Bonchev–Trinajstić information content (AvgIpc) is 2.97. The smallest absolute Gasteiger partial charge is 0.268 e. The number of hydrogen-bond donors (Lipinski definition) is 2. The number of aryl methyl sites for hydroxylation is 1. The largest absolute Gasteiger partial charge is 0.372 e. The van der Waals surface area contributed by atoms with Crippen molar-refractivity contribution in [2.45, 2.75) is 44.6 Å². The van der Waals surface area contributed by atoms with Gasteiger partial charge in [-0.1, -0.05) is 59.7 Å². The van der Waals surface area contributed by atoms with Crippen LogP contribution in [-0.2, 0) is 15.2 Å².